The van der Waals surface area contributed by atoms with E-state index in [1.165, 1.54) is 32.8 Å². The van der Waals surface area contributed by atoms with Crippen molar-refractivity contribution in [1.82, 2.24) is 5.32 Å². The Morgan fingerprint density at radius 3 is 2.33 bits per heavy atom. The van der Waals surface area contributed by atoms with E-state index in [0.29, 0.717) is 12.0 Å². The molecule has 2 fully saturated rings. The first-order chi connectivity index (χ1) is 7.24. The molecule has 2 saturated carbocycles. The Morgan fingerprint density at radius 2 is 2.07 bits per heavy atom. The van der Waals surface area contributed by atoms with Crippen LogP contribution >= 0.6 is 0 Å². The van der Waals surface area contributed by atoms with Crippen LogP contribution in [-0.4, -0.2) is 26.2 Å². The molecular weight excluding hydrogens is 190 g/mol. The van der Waals surface area contributed by atoms with Gasteiger partial charge in [0.15, 0.2) is 0 Å². The first-order valence-corrected chi connectivity index (χ1v) is 6.00. The summed E-state index contributed by atoms with van der Waals surface area (Å²) in [7, 11) is 3.49. The van der Waals surface area contributed by atoms with E-state index in [2.05, 4.69) is 5.32 Å². The van der Waals surface area contributed by atoms with Gasteiger partial charge >= 0.3 is 5.97 Å². The third-order valence-corrected chi connectivity index (χ3v) is 4.37. The lowest BCUT2D eigenvalue weighted by molar-refractivity contribution is -0.163. The van der Waals surface area contributed by atoms with Crippen LogP contribution in [0.25, 0.3) is 0 Å². The van der Waals surface area contributed by atoms with Crippen molar-refractivity contribution in [2.24, 2.45) is 11.3 Å². The van der Waals surface area contributed by atoms with Crippen LogP contribution in [0.1, 0.15) is 38.5 Å². The summed E-state index contributed by atoms with van der Waals surface area (Å²) in [6.45, 7) is 0. The highest BCUT2D eigenvalue weighted by Crippen LogP contribution is 2.50. The van der Waals surface area contributed by atoms with E-state index in [-0.39, 0.29) is 11.4 Å². The van der Waals surface area contributed by atoms with Crippen molar-refractivity contribution in [1.29, 1.82) is 0 Å². The molecule has 0 aromatic heterocycles. The molecule has 0 saturated heterocycles. The van der Waals surface area contributed by atoms with Crippen molar-refractivity contribution < 1.29 is 9.53 Å². The maximum absolute atomic E-state index is 11.9. The fourth-order valence-corrected chi connectivity index (χ4v) is 3.14. The van der Waals surface area contributed by atoms with Crippen LogP contribution < -0.4 is 5.32 Å². The molecular formula is C12H21NO2. The standard InChI is InChI=1S/C12H21NO2/c1-13-10(9-5-3-6-9)12(7-4-8-12)11(14)15-2/h9-10,13H,3-8H2,1-2H3. The number of carbonyl (C=O) groups is 1. The van der Waals surface area contributed by atoms with Crippen LogP contribution in [0, 0.1) is 11.3 Å². The van der Waals surface area contributed by atoms with Crippen LogP contribution in [0.2, 0.25) is 0 Å². The van der Waals surface area contributed by atoms with Crippen LogP contribution in [0.3, 0.4) is 0 Å². The van der Waals surface area contributed by atoms with Gasteiger partial charge in [0.25, 0.3) is 0 Å². The molecule has 0 aliphatic heterocycles. The zero-order valence-electron chi connectivity index (χ0n) is 9.71. The molecule has 0 amide bonds. The van der Waals surface area contributed by atoms with E-state index in [1.807, 2.05) is 7.05 Å². The maximum atomic E-state index is 11.9. The van der Waals surface area contributed by atoms with Gasteiger partial charge in [-0.2, -0.15) is 0 Å². The summed E-state index contributed by atoms with van der Waals surface area (Å²) in [6.07, 6.45) is 7.03. The average Bonchev–Trinajstić information content (AvgIpc) is 2.11. The van der Waals surface area contributed by atoms with E-state index < -0.39 is 0 Å². The van der Waals surface area contributed by atoms with E-state index in [1.54, 1.807) is 0 Å². The highest BCUT2D eigenvalue weighted by molar-refractivity contribution is 5.78. The Kier molecular flexibility index (Phi) is 3.01. The lowest BCUT2D eigenvalue weighted by Crippen LogP contribution is -2.58. The summed E-state index contributed by atoms with van der Waals surface area (Å²) in [5, 5.41) is 3.36. The second-order valence-corrected chi connectivity index (χ2v) is 4.96. The van der Waals surface area contributed by atoms with Gasteiger partial charge < -0.3 is 10.1 Å². The monoisotopic (exact) mass is 211 g/mol. The number of methoxy groups -OCH3 is 1. The van der Waals surface area contributed by atoms with Crippen molar-refractivity contribution in [3.05, 3.63) is 0 Å². The first-order valence-electron chi connectivity index (χ1n) is 6.00. The maximum Gasteiger partial charge on any atom is 0.313 e. The summed E-state index contributed by atoms with van der Waals surface area (Å²) in [5.41, 5.74) is -0.200. The molecule has 15 heavy (non-hydrogen) atoms. The molecule has 0 radical (unpaired) electrons. The van der Waals surface area contributed by atoms with E-state index in [4.69, 9.17) is 4.74 Å². The minimum atomic E-state index is -0.200. The van der Waals surface area contributed by atoms with Gasteiger partial charge in [-0.15, -0.1) is 0 Å². The van der Waals surface area contributed by atoms with Crippen LogP contribution in [0.5, 0.6) is 0 Å². The summed E-state index contributed by atoms with van der Waals surface area (Å²) >= 11 is 0. The number of rotatable bonds is 4. The third-order valence-electron chi connectivity index (χ3n) is 4.37. The van der Waals surface area contributed by atoms with Crippen LogP contribution in [0.15, 0.2) is 0 Å². The fourth-order valence-electron chi connectivity index (χ4n) is 3.14. The molecule has 2 aliphatic carbocycles. The smallest absolute Gasteiger partial charge is 0.313 e. The Balaban J connectivity index is 2.11. The lowest BCUT2D eigenvalue weighted by atomic mass is 9.58. The number of hydrogen-bond donors (Lipinski definition) is 1. The highest BCUT2D eigenvalue weighted by atomic mass is 16.5. The van der Waals surface area contributed by atoms with Crippen molar-refractivity contribution in [3.8, 4) is 0 Å². The van der Waals surface area contributed by atoms with Gasteiger partial charge in [0, 0.05) is 6.04 Å². The topological polar surface area (TPSA) is 38.3 Å². The molecule has 2 aliphatic rings. The summed E-state index contributed by atoms with van der Waals surface area (Å²) in [6, 6.07) is 0.340. The van der Waals surface area contributed by atoms with Gasteiger partial charge in [-0.3, -0.25) is 4.79 Å². The van der Waals surface area contributed by atoms with Crippen LogP contribution in [-0.2, 0) is 9.53 Å². The van der Waals surface area contributed by atoms with Crippen molar-refractivity contribution in [2.45, 2.75) is 44.6 Å². The predicted octanol–water partition coefficient (Wildman–Crippen LogP) is 1.72. The Hall–Kier alpha value is -0.570. The molecule has 3 nitrogen and oxygen atoms in total. The second-order valence-electron chi connectivity index (χ2n) is 4.96. The third kappa shape index (κ3) is 1.57. The summed E-state index contributed by atoms with van der Waals surface area (Å²) in [4.78, 5) is 11.9. The predicted molar refractivity (Wildman–Crippen MR) is 58.5 cm³/mol. The number of carbonyl (C=O) groups excluding carboxylic acids is 1. The molecule has 2 rings (SSSR count). The Bertz CT molecular complexity index is 244. The number of hydrogen-bond acceptors (Lipinski definition) is 3. The van der Waals surface area contributed by atoms with Gasteiger partial charge in [0.05, 0.1) is 12.5 Å². The Morgan fingerprint density at radius 1 is 1.40 bits per heavy atom. The molecule has 0 bridgehead atoms. The second kappa shape index (κ2) is 4.12. The van der Waals surface area contributed by atoms with Crippen molar-refractivity contribution in [3.63, 3.8) is 0 Å². The van der Waals surface area contributed by atoms with Gasteiger partial charge in [-0.1, -0.05) is 12.8 Å². The minimum absolute atomic E-state index is 0.000000000000000666. The van der Waals surface area contributed by atoms with E-state index in [9.17, 15) is 4.79 Å². The first kappa shape index (κ1) is 10.9. The van der Waals surface area contributed by atoms with Crippen molar-refractivity contribution >= 4 is 5.97 Å². The number of nitrogens with one attached hydrogen (secondary N) is 1. The lowest BCUT2D eigenvalue weighted by Gasteiger charge is -2.50. The molecule has 3 heteroatoms. The molecule has 1 N–H and O–H groups in total. The molecule has 1 unspecified atom stereocenters. The van der Waals surface area contributed by atoms with E-state index >= 15 is 0 Å². The van der Waals surface area contributed by atoms with Gasteiger partial charge in [0.1, 0.15) is 0 Å². The van der Waals surface area contributed by atoms with Gasteiger partial charge in [-0.25, -0.2) is 0 Å². The van der Waals surface area contributed by atoms with E-state index in [0.717, 1.165) is 12.8 Å². The minimum Gasteiger partial charge on any atom is -0.469 e. The molecule has 0 heterocycles. The molecule has 0 aromatic rings. The van der Waals surface area contributed by atoms with Gasteiger partial charge in [0.2, 0.25) is 0 Å². The molecule has 1 atom stereocenters. The van der Waals surface area contributed by atoms with Gasteiger partial charge in [-0.05, 0) is 38.6 Å². The number of ether oxygens (including phenoxy) is 1. The van der Waals surface area contributed by atoms with Crippen molar-refractivity contribution in [2.75, 3.05) is 14.2 Å². The largest absolute Gasteiger partial charge is 0.469 e. The normalized spacial score (nSPS) is 26.3. The zero-order valence-corrected chi connectivity index (χ0v) is 9.71. The van der Waals surface area contributed by atoms with Crippen LogP contribution in [0.4, 0.5) is 0 Å². The molecule has 86 valence electrons. The number of esters is 1. The quantitative estimate of drug-likeness (QED) is 0.720. The summed E-state index contributed by atoms with van der Waals surface area (Å²) < 4.78 is 4.98. The average molecular weight is 211 g/mol. The fraction of sp³-hybridized carbons (Fsp3) is 0.917. The summed E-state index contributed by atoms with van der Waals surface area (Å²) in [5.74, 6) is 0.689. The molecule has 0 aromatic carbocycles. The zero-order chi connectivity index (χ0) is 10.9. The molecule has 0 spiro atoms. The highest BCUT2D eigenvalue weighted by Gasteiger charge is 2.53. The Labute approximate surface area is 91.6 Å². The SMILES string of the molecule is CNC(C1CCC1)C1(C(=O)OC)CCC1.